The summed E-state index contributed by atoms with van der Waals surface area (Å²) >= 11 is 0. The second kappa shape index (κ2) is 9.60. The van der Waals surface area contributed by atoms with Crippen LogP contribution >= 0.6 is 0 Å². The standard InChI is InChI=1S/C20H27N3O/c1-22(18-10-5-3-6-11-18)16-9-15-21-20(24)14-17-23(2)19-12-7-4-8-13-19/h3-8,10-13H,9,14-17H2,1-2H3,(H,21,24). The van der Waals surface area contributed by atoms with E-state index < -0.39 is 0 Å². The number of para-hydroxylation sites is 2. The van der Waals surface area contributed by atoms with E-state index in [0.717, 1.165) is 25.2 Å². The van der Waals surface area contributed by atoms with Crippen LogP contribution < -0.4 is 15.1 Å². The molecular formula is C20H27N3O. The summed E-state index contributed by atoms with van der Waals surface area (Å²) < 4.78 is 0. The van der Waals surface area contributed by atoms with Gasteiger partial charge in [-0.3, -0.25) is 4.79 Å². The Balaban J connectivity index is 1.60. The molecule has 0 radical (unpaired) electrons. The summed E-state index contributed by atoms with van der Waals surface area (Å²) in [5, 5.41) is 3.00. The monoisotopic (exact) mass is 325 g/mol. The summed E-state index contributed by atoms with van der Waals surface area (Å²) in [5.41, 5.74) is 2.34. The molecule has 2 rings (SSSR count). The Morgan fingerprint density at radius 2 is 1.33 bits per heavy atom. The highest BCUT2D eigenvalue weighted by molar-refractivity contribution is 5.76. The van der Waals surface area contributed by atoms with Crippen LogP contribution in [-0.2, 0) is 4.79 Å². The lowest BCUT2D eigenvalue weighted by Gasteiger charge is -2.20. The van der Waals surface area contributed by atoms with Crippen LogP contribution in [-0.4, -0.2) is 39.6 Å². The SMILES string of the molecule is CN(CCCNC(=O)CCN(C)c1ccccc1)c1ccccc1. The number of nitrogens with one attached hydrogen (secondary N) is 1. The highest BCUT2D eigenvalue weighted by Gasteiger charge is 2.05. The van der Waals surface area contributed by atoms with E-state index in [-0.39, 0.29) is 5.91 Å². The molecule has 4 heteroatoms. The average molecular weight is 325 g/mol. The molecule has 0 saturated carbocycles. The zero-order valence-corrected chi connectivity index (χ0v) is 14.6. The van der Waals surface area contributed by atoms with Gasteiger partial charge in [0.1, 0.15) is 0 Å². The molecule has 2 aromatic rings. The molecule has 0 aliphatic heterocycles. The van der Waals surface area contributed by atoms with E-state index in [2.05, 4.69) is 46.4 Å². The number of carbonyl (C=O) groups is 1. The normalized spacial score (nSPS) is 10.2. The maximum Gasteiger partial charge on any atom is 0.221 e. The van der Waals surface area contributed by atoms with Crippen LogP contribution in [0.15, 0.2) is 60.7 Å². The molecule has 1 N–H and O–H groups in total. The molecule has 1 amide bonds. The topological polar surface area (TPSA) is 35.6 Å². The van der Waals surface area contributed by atoms with Crippen LogP contribution in [0.5, 0.6) is 0 Å². The van der Waals surface area contributed by atoms with Gasteiger partial charge < -0.3 is 15.1 Å². The predicted molar refractivity (Wildman–Crippen MR) is 102 cm³/mol. The summed E-state index contributed by atoms with van der Waals surface area (Å²) in [7, 11) is 4.09. The highest BCUT2D eigenvalue weighted by Crippen LogP contribution is 2.11. The minimum absolute atomic E-state index is 0.111. The maximum absolute atomic E-state index is 11.9. The van der Waals surface area contributed by atoms with Crippen molar-refractivity contribution in [1.82, 2.24) is 5.32 Å². The molecule has 128 valence electrons. The van der Waals surface area contributed by atoms with E-state index in [9.17, 15) is 4.79 Å². The van der Waals surface area contributed by atoms with Crippen molar-refractivity contribution in [3.63, 3.8) is 0 Å². The lowest BCUT2D eigenvalue weighted by molar-refractivity contribution is -0.120. The van der Waals surface area contributed by atoms with Gasteiger partial charge in [0, 0.05) is 51.5 Å². The van der Waals surface area contributed by atoms with Crippen molar-refractivity contribution in [2.45, 2.75) is 12.8 Å². The summed E-state index contributed by atoms with van der Waals surface area (Å²) in [6.07, 6.45) is 1.45. The highest BCUT2D eigenvalue weighted by atomic mass is 16.1. The molecule has 0 aromatic heterocycles. The Hall–Kier alpha value is -2.49. The fourth-order valence-electron chi connectivity index (χ4n) is 2.52. The Labute approximate surface area is 145 Å². The van der Waals surface area contributed by atoms with Crippen molar-refractivity contribution >= 4 is 17.3 Å². The first-order valence-corrected chi connectivity index (χ1v) is 8.46. The molecule has 0 saturated heterocycles. The summed E-state index contributed by atoms with van der Waals surface area (Å²) in [6, 6.07) is 20.4. The van der Waals surface area contributed by atoms with E-state index in [1.54, 1.807) is 0 Å². The van der Waals surface area contributed by atoms with Gasteiger partial charge in [-0.1, -0.05) is 36.4 Å². The Morgan fingerprint density at radius 1 is 0.833 bits per heavy atom. The van der Waals surface area contributed by atoms with Gasteiger partial charge in [0.15, 0.2) is 0 Å². The van der Waals surface area contributed by atoms with Crippen molar-refractivity contribution in [2.24, 2.45) is 0 Å². The lowest BCUT2D eigenvalue weighted by atomic mass is 10.2. The largest absolute Gasteiger partial charge is 0.375 e. The van der Waals surface area contributed by atoms with Gasteiger partial charge in [0.05, 0.1) is 0 Å². The molecular weight excluding hydrogens is 298 g/mol. The van der Waals surface area contributed by atoms with E-state index in [1.165, 1.54) is 5.69 Å². The van der Waals surface area contributed by atoms with E-state index in [0.29, 0.717) is 13.0 Å². The van der Waals surface area contributed by atoms with Gasteiger partial charge in [-0.25, -0.2) is 0 Å². The summed E-state index contributed by atoms with van der Waals surface area (Å²) in [5.74, 6) is 0.111. The fourth-order valence-corrected chi connectivity index (χ4v) is 2.52. The quantitative estimate of drug-likeness (QED) is 0.719. The van der Waals surface area contributed by atoms with Crippen molar-refractivity contribution < 1.29 is 4.79 Å². The number of amides is 1. The maximum atomic E-state index is 11.9. The molecule has 0 unspecified atom stereocenters. The second-order valence-corrected chi connectivity index (χ2v) is 5.97. The molecule has 2 aromatic carbocycles. The summed E-state index contributed by atoms with van der Waals surface area (Å²) in [4.78, 5) is 16.2. The van der Waals surface area contributed by atoms with Crippen LogP contribution in [0.25, 0.3) is 0 Å². The van der Waals surface area contributed by atoms with Gasteiger partial charge >= 0.3 is 0 Å². The van der Waals surface area contributed by atoms with Gasteiger partial charge in [-0.2, -0.15) is 0 Å². The molecule has 0 heterocycles. The first-order chi connectivity index (χ1) is 11.7. The number of anilines is 2. The Kier molecular flexibility index (Phi) is 7.15. The van der Waals surface area contributed by atoms with Crippen LogP contribution in [0.2, 0.25) is 0 Å². The Morgan fingerprint density at radius 3 is 1.88 bits per heavy atom. The zero-order valence-electron chi connectivity index (χ0n) is 14.6. The van der Waals surface area contributed by atoms with Crippen LogP contribution in [0.4, 0.5) is 11.4 Å². The number of nitrogens with zero attached hydrogens (tertiary/aromatic N) is 2. The molecule has 0 aliphatic rings. The lowest BCUT2D eigenvalue weighted by Crippen LogP contribution is -2.31. The van der Waals surface area contributed by atoms with Gasteiger partial charge in [0.25, 0.3) is 0 Å². The first-order valence-electron chi connectivity index (χ1n) is 8.46. The smallest absolute Gasteiger partial charge is 0.221 e. The van der Waals surface area contributed by atoms with Crippen LogP contribution in [0, 0.1) is 0 Å². The van der Waals surface area contributed by atoms with Crippen molar-refractivity contribution in [1.29, 1.82) is 0 Å². The fraction of sp³-hybridized carbons (Fsp3) is 0.350. The van der Waals surface area contributed by atoms with Gasteiger partial charge in [0.2, 0.25) is 5.91 Å². The number of hydrogen-bond acceptors (Lipinski definition) is 3. The molecule has 0 spiro atoms. The van der Waals surface area contributed by atoms with E-state index >= 15 is 0 Å². The van der Waals surface area contributed by atoms with Crippen molar-refractivity contribution in [3.05, 3.63) is 60.7 Å². The molecule has 24 heavy (non-hydrogen) atoms. The van der Waals surface area contributed by atoms with Crippen LogP contribution in [0.3, 0.4) is 0 Å². The third-order valence-corrected chi connectivity index (χ3v) is 4.06. The molecule has 0 atom stereocenters. The molecule has 0 fully saturated rings. The molecule has 0 aliphatic carbocycles. The third-order valence-electron chi connectivity index (χ3n) is 4.06. The molecule has 4 nitrogen and oxygen atoms in total. The predicted octanol–water partition coefficient (Wildman–Crippen LogP) is 3.16. The number of hydrogen-bond donors (Lipinski definition) is 1. The number of rotatable bonds is 9. The van der Waals surface area contributed by atoms with Gasteiger partial charge in [-0.15, -0.1) is 0 Å². The minimum atomic E-state index is 0.111. The number of benzene rings is 2. The van der Waals surface area contributed by atoms with Crippen LogP contribution in [0.1, 0.15) is 12.8 Å². The van der Waals surface area contributed by atoms with Crippen molar-refractivity contribution in [3.8, 4) is 0 Å². The number of carbonyl (C=O) groups excluding carboxylic acids is 1. The Bertz CT molecular complexity index is 601. The second-order valence-electron chi connectivity index (χ2n) is 5.97. The minimum Gasteiger partial charge on any atom is -0.375 e. The molecule has 0 bridgehead atoms. The summed E-state index contributed by atoms with van der Waals surface area (Å²) in [6.45, 7) is 2.36. The third kappa shape index (κ3) is 5.95. The zero-order chi connectivity index (χ0) is 17.2. The van der Waals surface area contributed by atoms with Crippen molar-refractivity contribution in [2.75, 3.05) is 43.5 Å². The first kappa shape index (κ1) is 17.9. The van der Waals surface area contributed by atoms with E-state index in [4.69, 9.17) is 0 Å². The van der Waals surface area contributed by atoms with Gasteiger partial charge in [-0.05, 0) is 30.7 Å². The van der Waals surface area contributed by atoms with E-state index in [1.807, 2.05) is 43.4 Å². The average Bonchev–Trinajstić information content (AvgIpc) is 2.64.